The first kappa shape index (κ1) is 16.1. The molecule has 0 saturated heterocycles. The third-order valence-corrected chi connectivity index (χ3v) is 2.29. The number of hydrogen-bond donors (Lipinski definition) is 1. The van der Waals surface area contributed by atoms with Gasteiger partial charge in [-0.1, -0.05) is 30.3 Å². The molecule has 1 aromatic carbocycles. The second-order valence-electron chi connectivity index (χ2n) is 5.19. The SMILES string of the molecule is CC(C)(C)OC(=O)NC(C(=O)C(F)F)c1ccccc1. The van der Waals surface area contributed by atoms with Crippen molar-refractivity contribution in [3.05, 3.63) is 35.9 Å². The lowest BCUT2D eigenvalue weighted by atomic mass is 10.0. The van der Waals surface area contributed by atoms with E-state index in [2.05, 4.69) is 5.32 Å². The van der Waals surface area contributed by atoms with Crippen molar-refractivity contribution in [1.82, 2.24) is 5.32 Å². The van der Waals surface area contributed by atoms with E-state index in [1.165, 1.54) is 12.1 Å². The van der Waals surface area contributed by atoms with Crippen LogP contribution in [0.25, 0.3) is 0 Å². The van der Waals surface area contributed by atoms with Crippen LogP contribution >= 0.6 is 0 Å². The Kier molecular flexibility index (Phi) is 5.19. The van der Waals surface area contributed by atoms with Gasteiger partial charge in [0.05, 0.1) is 0 Å². The number of hydrogen-bond acceptors (Lipinski definition) is 3. The van der Waals surface area contributed by atoms with Crippen LogP contribution < -0.4 is 5.32 Å². The fraction of sp³-hybridized carbons (Fsp3) is 0.429. The van der Waals surface area contributed by atoms with Gasteiger partial charge in [0.2, 0.25) is 5.78 Å². The van der Waals surface area contributed by atoms with Crippen molar-refractivity contribution in [2.24, 2.45) is 0 Å². The lowest BCUT2D eigenvalue weighted by molar-refractivity contribution is -0.131. The van der Waals surface area contributed by atoms with Crippen LogP contribution in [0.5, 0.6) is 0 Å². The van der Waals surface area contributed by atoms with Gasteiger partial charge in [-0.15, -0.1) is 0 Å². The zero-order valence-corrected chi connectivity index (χ0v) is 11.5. The molecule has 1 atom stereocenters. The molecule has 1 N–H and O–H groups in total. The summed E-state index contributed by atoms with van der Waals surface area (Å²) >= 11 is 0. The number of alkyl halides is 2. The highest BCUT2D eigenvalue weighted by Gasteiger charge is 2.30. The van der Waals surface area contributed by atoms with Crippen LogP contribution in [0.15, 0.2) is 30.3 Å². The molecule has 6 heteroatoms. The van der Waals surface area contributed by atoms with E-state index in [-0.39, 0.29) is 5.56 Å². The zero-order valence-electron chi connectivity index (χ0n) is 11.5. The Bertz CT molecular complexity index is 469. The third-order valence-electron chi connectivity index (χ3n) is 2.29. The standard InChI is InChI=1S/C14H17F2NO3/c1-14(2,3)20-13(19)17-10(11(18)12(15)16)9-7-5-4-6-8-9/h4-8,10,12H,1-3H3,(H,17,19). The Balaban J connectivity index is 2.90. The number of carbonyl (C=O) groups excluding carboxylic acids is 2. The first-order chi connectivity index (χ1) is 9.20. The molecule has 0 radical (unpaired) electrons. The number of nitrogens with one attached hydrogen (secondary N) is 1. The third kappa shape index (κ3) is 4.95. The summed E-state index contributed by atoms with van der Waals surface area (Å²) in [5.74, 6) is -1.37. The molecule has 0 fully saturated rings. The molecule has 1 amide bonds. The number of ketones is 1. The number of ether oxygens (including phenoxy) is 1. The molecule has 0 saturated carbocycles. The molecule has 1 aromatic rings. The highest BCUT2D eigenvalue weighted by molar-refractivity contribution is 5.90. The largest absolute Gasteiger partial charge is 0.444 e. The summed E-state index contributed by atoms with van der Waals surface area (Å²) in [6, 6.07) is 6.42. The highest BCUT2D eigenvalue weighted by atomic mass is 19.3. The Morgan fingerprint density at radius 1 is 1.15 bits per heavy atom. The van der Waals surface area contributed by atoms with E-state index in [9.17, 15) is 18.4 Å². The predicted molar refractivity (Wildman–Crippen MR) is 69.6 cm³/mol. The molecule has 0 aliphatic heterocycles. The zero-order chi connectivity index (χ0) is 15.3. The summed E-state index contributed by atoms with van der Waals surface area (Å²) < 4.78 is 30.2. The summed E-state index contributed by atoms with van der Waals surface area (Å²) in [7, 11) is 0. The summed E-state index contributed by atoms with van der Waals surface area (Å²) in [6.45, 7) is 4.91. The van der Waals surface area contributed by atoms with E-state index in [4.69, 9.17) is 4.74 Å². The van der Waals surface area contributed by atoms with Gasteiger partial charge in [-0.3, -0.25) is 4.79 Å². The molecular weight excluding hydrogens is 268 g/mol. The highest BCUT2D eigenvalue weighted by Crippen LogP contribution is 2.18. The van der Waals surface area contributed by atoms with E-state index >= 15 is 0 Å². The minimum absolute atomic E-state index is 0.281. The van der Waals surface area contributed by atoms with Gasteiger partial charge in [0, 0.05) is 0 Å². The lowest BCUT2D eigenvalue weighted by Gasteiger charge is -2.23. The quantitative estimate of drug-likeness (QED) is 0.925. The number of carbonyl (C=O) groups is 2. The number of rotatable bonds is 4. The molecule has 0 spiro atoms. The Labute approximate surface area is 116 Å². The number of alkyl carbamates (subject to hydrolysis) is 1. The van der Waals surface area contributed by atoms with E-state index in [1.54, 1.807) is 39.0 Å². The van der Waals surface area contributed by atoms with Crippen LogP contribution in [0.3, 0.4) is 0 Å². The number of halogens is 2. The molecule has 1 unspecified atom stereocenters. The molecule has 0 aromatic heterocycles. The summed E-state index contributed by atoms with van der Waals surface area (Å²) in [5, 5.41) is 2.18. The van der Waals surface area contributed by atoms with E-state index < -0.39 is 29.9 Å². The molecule has 110 valence electrons. The Morgan fingerprint density at radius 2 is 1.70 bits per heavy atom. The van der Waals surface area contributed by atoms with Gasteiger partial charge in [-0.05, 0) is 26.3 Å². The van der Waals surface area contributed by atoms with Crippen LogP contribution in [-0.4, -0.2) is 23.9 Å². The van der Waals surface area contributed by atoms with E-state index in [1.807, 2.05) is 0 Å². The second kappa shape index (κ2) is 6.45. The normalized spacial score (nSPS) is 12.9. The molecule has 0 aliphatic carbocycles. The van der Waals surface area contributed by atoms with E-state index in [0.717, 1.165) is 0 Å². The molecule has 0 aliphatic rings. The monoisotopic (exact) mass is 285 g/mol. The fourth-order valence-corrected chi connectivity index (χ4v) is 1.52. The maximum Gasteiger partial charge on any atom is 0.408 e. The van der Waals surface area contributed by atoms with Gasteiger partial charge in [0.1, 0.15) is 11.6 Å². The summed E-state index contributed by atoms with van der Waals surface area (Å²) in [5.41, 5.74) is -0.497. The average Bonchev–Trinajstić information content (AvgIpc) is 2.34. The van der Waals surface area contributed by atoms with Gasteiger partial charge < -0.3 is 10.1 Å². The summed E-state index contributed by atoms with van der Waals surface area (Å²) in [6.07, 6.45) is -4.09. The second-order valence-corrected chi connectivity index (χ2v) is 5.19. The smallest absolute Gasteiger partial charge is 0.408 e. The Hall–Kier alpha value is -1.98. The molecule has 4 nitrogen and oxygen atoms in total. The molecular formula is C14H17F2NO3. The van der Waals surface area contributed by atoms with Crippen LogP contribution in [0.1, 0.15) is 32.4 Å². The van der Waals surface area contributed by atoms with Gasteiger partial charge in [-0.25, -0.2) is 13.6 Å². The van der Waals surface area contributed by atoms with E-state index in [0.29, 0.717) is 0 Å². The maximum absolute atomic E-state index is 12.6. The van der Waals surface area contributed by atoms with Crippen molar-refractivity contribution in [1.29, 1.82) is 0 Å². The number of benzene rings is 1. The van der Waals surface area contributed by atoms with Crippen molar-refractivity contribution < 1.29 is 23.1 Å². The number of Topliss-reactive ketones (excluding diaryl/α,β-unsaturated/α-hetero) is 1. The van der Waals surface area contributed by atoms with Crippen molar-refractivity contribution in [2.45, 2.75) is 38.8 Å². The fourth-order valence-electron chi connectivity index (χ4n) is 1.52. The lowest BCUT2D eigenvalue weighted by Crippen LogP contribution is -2.39. The first-order valence-corrected chi connectivity index (χ1v) is 6.07. The topological polar surface area (TPSA) is 55.4 Å². The van der Waals surface area contributed by atoms with Crippen molar-refractivity contribution in [2.75, 3.05) is 0 Å². The van der Waals surface area contributed by atoms with Crippen molar-refractivity contribution >= 4 is 11.9 Å². The predicted octanol–water partition coefficient (Wildman–Crippen LogP) is 3.09. The summed E-state index contributed by atoms with van der Waals surface area (Å²) in [4.78, 5) is 23.2. The molecule has 20 heavy (non-hydrogen) atoms. The first-order valence-electron chi connectivity index (χ1n) is 6.07. The van der Waals surface area contributed by atoms with Crippen molar-refractivity contribution in [3.8, 4) is 0 Å². The minimum atomic E-state index is -3.17. The average molecular weight is 285 g/mol. The molecule has 1 rings (SSSR count). The van der Waals surface area contributed by atoms with Crippen LogP contribution in [0, 0.1) is 0 Å². The van der Waals surface area contributed by atoms with Crippen molar-refractivity contribution in [3.63, 3.8) is 0 Å². The van der Waals surface area contributed by atoms with Crippen LogP contribution in [0.4, 0.5) is 13.6 Å². The van der Waals surface area contributed by atoms with Gasteiger partial charge >= 0.3 is 6.09 Å². The van der Waals surface area contributed by atoms with Gasteiger partial charge in [0.25, 0.3) is 6.43 Å². The van der Waals surface area contributed by atoms with Gasteiger partial charge in [0.15, 0.2) is 0 Å². The van der Waals surface area contributed by atoms with Crippen LogP contribution in [0.2, 0.25) is 0 Å². The number of amides is 1. The maximum atomic E-state index is 12.6. The van der Waals surface area contributed by atoms with Gasteiger partial charge in [-0.2, -0.15) is 0 Å². The minimum Gasteiger partial charge on any atom is -0.444 e. The Morgan fingerprint density at radius 3 is 2.15 bits per heavy atom. The molecule has 0 heterocycles. The van der Waals surface area contributed by atoms with Crippen LogP contribution in [-0.2, 0) is 9.53 Å². The molecule has 0 bridgehead atoms.